The Morgan fingerprint density at radius 3 is 1.97 bits per heavy atom. The van der Waals surface area contributed by atoms with Crippen LogP contribution >= 0.6 is 0 Å². The monoisotopic (exact) mass is 471 g/mol. The molecule has 190 valence electrons. The third kappa shape index (κ3) is 18.0. The van der Waals surface area contributed by atoms with E-state index in [1.807, 2.05) is 0 Å². The van der Waals surface area contributed by atoms with E-state index in [1.165, 1.54) is 0 Å². The van der Waals surface area contributed by atoms with Crippen molar-refractivity contribution in [1.29, 1.82) is 0 Å². The van der Waals surface area contributed by atoms with Crippen molar-refractivity contribution < 1.29 is 38.4 Å². The maximum atomic E-state index is 12.4. The molecular weight excluding hydrogens is 430 g/mol. The average molecular weight is 472 g/mol. The molecule has 9 nitrogen and oxygen atoms in total. The highest BCUT2D eigenvalue weighted by atomic mass is 16.6. The molecule has 0 aliphatic heterocycles. The van der Waals surface area contributed by atoms with Crippen LogP contribution in [0.1, 0.15) is 67.2 Å². The fraction of sp³-hybridized carbons (Fsp3) is 0.792. The minimum Gasteiger partial charge on any atom is -0.481 e. The molecule has 33 heavy (non-hydrogen) atoms. The number of aliphatic carboxylic acids is 1. The topological polar surface area (TPSA) is 120 Å². The van der Waals surface area contributed by atoms with Crippen LogP contribution in [-0.4, -0.2) is 73.7 Å². The Kier molecular flexibility index (Phi) is 13.9. The molecule has 0 radical (unpaired) electrons. The largest absolute Gasteiger partial charge is 0.481 e. The van der Waals surface area contributed by atoms with E-state index in [1.54, 1.807) is 20.8 Å². The normalized spacial score (nSPS) is 13.6. The van der Waals surface area contributed by atoms with Gasteiger partial charge in [0.25, 0.3) is 0 Å². The summed E-state index contributed by atoms with van der Waals surface area (Å²) < 4.78 is 22.3. The Hall–Kier alpha value is -2.15. The van der Waals surface area contributed by atoms with Crippen LogP contribution in [0.15, 0.2) is 0 Å². The lowest BCUT2D eigenvalue weighted by atomic mass is 9.93. The van der Waals surface area contributed by atoms with Gasteiger partial charge < -0.3 is 29.4 Å². The lowest BCUT2D eigenvalue weighted by Gasteiger charge is -2.34. The number of hydrogen-bond donors (Lipinski definition) is 2. The predicted molar refractivity (Wildman–Crippen MR) is 124 cm³/mol. The highest BCUT2D eigenvalue weighted by Crippen LogP contribution is 2.19. The molecule has 9 heteroatoms. The lowest BCUT2D eigenvalue weighted by Crippen LogP contribution is -2.58. The van der Waals surface area contributed by atoms with E-state index in [0.717, 1.165) is 6.42 Å². The Labute approximate surface area is 197 Å². The zero-order valence-corrected chi connectivity index (χ0v) is 21.0. The Balaban J connectivity index is 5.21. The lowest BCUT2D eigenvalue weighted by molar-refractivity contribution is -0.156. The summed E-state index contributed by atoms with van der Waals surface area (Å²) in [4.78, 5) is 35.2. The first-order valence-electron chi connectivity index (χ1n) is 11.1. The highest BCUT2D eigenvalue weighted by molar-refractivity contribution is 5.81. The van der Waals surface area contributed by atoms with E-state index in [0.29, 0.717) is 6.61 Å². The van der Waals surface area contributed by atoms with Gasteiger partial charge in [-0.15, -0.1) is 6.42 Å². The summed E-state index contributed by atoms with van der Waals surface area (Å²) in [5.74, 6) is 0.420. The van der Waals surface area contributed by atoms with Crippen molar-refractivity contribution in [3.63, 3.8) is 0 Å². The summed E-state index contributed by atoms with van der Waals surface area (Å²) in [5, 5.41) is 11.7. The van der Waals surface area contributed by atoms with Gasteiger partial charge in [-0.25, -0.2) is 0 Å². The number of rotatable bonds is 16. The van der Waals surface area contributed by atoms with Crippen LogP contribution in [0.2, 0.25) is 0 Å². The quantitative estimate of drug-likeness (QED) is 0.200. The van der Waals surface area contributed by atoms with Gasteiger partial charge in [0, 0.05) is 13.0 Å². The van der Waals surface area contributed by atoms with E-state index >= 15 is 0 Å². The Bertz CT molecular complexity index is 657. The molecule has 1 amide bonds. The van der Waals surface area contributed by atoms with E-state index in [4.69, 9.17) is 30.5 Å². The third-order valence-electron chi connectivity index (χ3n) is 4.16. The van der Waals surface area contributed by atoms with Crippen LogP contribution in [0.5, 0.6) is 0 Å². The summed E-state index contributed by atoms with van der Waals surface area (Å²) in [6.45, 7) is 12.2. The van der Waals surface area contributed by atoms with Crippen molar-refractivity contribution in [2.45, 2.75) is 78.4 Å². The third-order valence-corrected chi connectivity index (χ3v) is 4.16. The Morgan fingerprint density at radius 2 is 1.45 bits per heavy atom. The number of carboxylic acids is 1. The fourth-order valence-electron chi connectivity index (χ4n) is 2.58. The zero-order chi connectivity index (χ0) is 25.5. The van der Waals surface area contributed by atoms with Gasteiger partial charge in [0.15, 0.2) is 0 Å². The van der Waals surface area contributed by atoms with Gasteiger partial charge in [-0.05, 0) is 32.6 Å². The molecule has 0 rings (SSSR count). The molecule has 0 aliphatic carbocycles. The van der Waals surface area contributed by atoms with E-state index in [2.05, 4.69) is 32.0 Å². The average Bonchev–Trinajstić information content (AvgIpc) is 2.65. The molecular formula is C24H41NO8. The predicted octanol–water partition coefficient (Wildman–Crippen LogP) is 2.56. The highest BCUT2D eigenvalue weighted by Gasteiger charge is 2.34. The standard InChI is InChI=1S/C24H41NO8/c1-8-13-30-16-24(18-32-15-12-22(2,3)4,25-19(26)9-10-20(27)28)17-31-14-11-21(29)33-23(5,6)7/h1H,9-18H2,2-7H3,(H,25,26)(H,27,28). The molecule has 1 unspecified atom stereocenters. The smallest absolute Gasteiger partial charge is 0.308 e. The fourth-order valence-corrected chi connectivity index (χ4v) is 2.58. The van der Waals surface area contributed by atoms with Crippen LogP contribution in [0, 0.1) is 17.8 Å². The maximum Gasteiger partial charge on any atom is 0.308 e. The second-order valence-corrected chi connectivity index (χ2v) is 10.2. The van der Waals surface area contributed by atoms with Gasteiger partial charge in [0.05, 0.1) is 39.3 Å². The number of amides is 1. The molecule has 0 aromatic rings. The van der Waals surface area contributed by atoms with E-state index in [-0.39, 0.29) is 57.7 Å². The Morgan fingerprint density at radius 1 is 0.879 bits per heavy atom. The number of terminal acetylenes is 1. The second kappa shape index (κ2) is 14.9. The van der Waals surface area contributed by atoms with Crippen molar-refractivity contribution in [3.8, 4) is 12.3 Å². The molecule has 0 spiro atoms. The van der Waals surface area contributed by atoms with Gasteiger partial charge in [0.1, 0.15) is 17.7 Å². The molecule has 0 saturated carbocycles. The minimum atomic E-state index is -1.10. The maximum absolute atomic E-state index is 12.4. The van der Waals surface area contributed by atoms with Gasteiger partial charge in [-0.3, -0.25) is 14.4 Å². The number of ether oxygens (including phenoxy) is 4. The van der Waals surface area contributed by atoms with Crippen molar-refractivity contribution in [2.24, 2.45) is 5.41 Å². The molecule has 0 saturated heterocycles. The summed E-state index contributed by atoms with van der Waals surface area (Å²) >= 11 is 0. The minimum absolute atomic E-state index is 0.00202. The van der Waals surface area contributed by atoms with Crippen molar-refractivity contribution in [1.82, 2.24) is 5.32 Å². The van der Waals surface area contributed by atoms with Gasteiger partial charge in [0.2, 0.25) is 5.91 Å². The number of hydrogen-bond acceptors (Lipinski definition) is 7. The summed E-state index contributed by atoms with van der Waals surface area (Å²) in [5.41, 5.74) is -1.63. The van der Waals surface area contributed by atoms with Crippen molar-refractivity contribution in [3.05, 3.63) is 0 Å². The number of carboxylic acid groups (broad SMARTS) is 1. The molecule has 0 aromatic heterocycles. The number of carbonyl (C=O) groups is 3. The second-order valence-electron chi connectivity index (χ2n) is 10.2. The summed E-state index contributed by atoms with van der Waals surface area (Å²) in [7, 11) is 0. The molecule has 0 aliphatic rings. The number of carbonyl (C=O) groups excluding carboxylic acids is 2. The molecule has 0 aromatic carbocycles. The first-order valence-corrected chi connectivity index (χ1v) is 11.1. The summed E-state index contributed by atoms with van der Waals surface area (Å²) in [6.07, 6.45) is 5.59. The molecule has 0 fully saturated rings. The van der Waals surface area contributed by atoms with E-state index < -0.39 is 29.0 Å². The zero-order valence-electron chi connectivity index (χ0n) is 21.0. The summed E-state index contributed by atoms with van der Waals surface area (Å²) in [6, 6.07) is 0. The first-order chi connectivity index (χ1) is 15.2. The van der Waals surface area contributed by atoms with Crippen LogP contribution in [0.25, 0.3) is 0 Å². The van der Waals surface area contributed by atoms with Gasteiger partial charge in [-0.2, -0.15) is 0 Å². The molecule has 2 N–H and O–H groups in total. The first kappa shape index (κ1) is 30.9. The van der Waals surface area contributed by atoms with Crippen molar-refractivity contribution >= 4 is 17.8 Å². The number of esters is 1. The van der Waals surface area contributed by atoms with Gasteiger partial charge in [-0.1, -0.05) is 26.7 Å². The SMILES string of the molecule is C#CCOCC(COCCC(=O)OC(C)(C)C)(COCCC(C)(C)C)NC(=O)CCC(=O)O. The van der Waals surface area contributed by atoms with Crippen LogP contribution < -0.4 is 5.32 Å². The number of nitrogens with one attached hydrogen (secondary N) is 1. The molecule has 0 heterocycles. The van der Waals surface area contributed by atoms with Crippen molar-refractivity contribution in [2.75, 3.05) is 39.6 Å². The van der Waals surface area contributed by atoms with Crippen LogP contribution in [-0.2, 0) is 33.3 Å². The van der Waals surface area contributed by atoms with E-state index in [9.17, 15) is 14.4 Å². The molecule has 0 bridgehead atoms. The van der Waals surface area contributed by atoms with Crippen LogP contribution in [0.3, 0.4) is 0 Å². The molecule has 1 atom stereocenters. The van der Waals surface area contributed by atoms with Gasteiger partial charge >= 0.3 is 11.9 Å². The van der Waals surface area contributed by atoms with Crippen LogP contribution in [0.4, 0.5) is 0 Å².